The lowest BCUT2D eigenvalue weighted by atomic mass is 10.0. The Morgan fingerprint density at radius 3 is 2.83 bits per heavy atom. The zero-order chi connectivity index (χ0) is 13.5. The van der Waals surface area contributed by atoms with Crippen molar-refractivity contribution in [3.05, 3.63) is 28.5 Å². The first-order valence-corrected chi connectivity index (χ1v) is 6.84. The van der Waals surface area contributed by atoms with Gasteiger partial charge in [0.25, 0.3) is 5.91 Å². The molecule has 0 saturated carbocycles. The first kappa shape index (κ1) is 15.1. The summed E-state index contributed by atoms with van der Waals surface area (Å²) >= 11 is 3.27. The van der Waals surface area contributed by atoms with Crippen LogP contribution in [0.3, 0.4) is 0 Å². The van der Waals surface area contributed by atoms with Crippen molar-refractivity contribution in [2.24, 2.45) is 5.92 Å². The van der Waals surface area contributed by atoms with E-state index in [-0.39, 0.29) is 11.9 Å². The molecule has 0 spiro atoms. The van der Waals surface area contributed by atoms with Crippen molar-refractivity contribution in [2.75, 3.05) is 13.2 Å². The number of hydrogen-bond acceptors (Lipinski definition) is 3. The molecule has 0 saturated heterocycles. The predicted molar refractivity (Wildman–Crippen MR) is 74.5 cm³/mol. The van der Waals surface area contributed by atoms with Crippen LogP contribution >= 0.6 is 15.9 Å². The molecule has 0 bridgehead atoms. The number of hydrogen-bond donors (Lipinski definition) is 1. The number of ether oxygens (including phenoxy) is 1. The molecular weight excluding hydrogens is 296 g/mol. The molecule has 0 aromatic carbocycles. The van der Waals surface area contributed by atoms with Crippen LogP contribution in [0.1, 0.15) is 31.1 Å². The average Bonchev–Trinajstić information content (AvgIpc) is 2.34. The fourth-order valence-corrected chi connectivity index (χ4v) is 1.88. The van der Waals surface area contributed by atoms with E-state index in [9.17, 15) is 4.79 Å². The largest absolute Gasteiger partial charge is 0.380 e. The fraction of sp³-hybridized carbons (Fsp3) is 0.538. The molecule has 100 valence electrons. The van der Waals surface area contributed by atoms with Gasteiger partial charge in [-0.2, -0.15) is 0 Å². The normalized spacial score (nSPS) is 12.5. The number of aromatic nitrogens is 1. The molecule has 1 aromatic heterocycles. The topological polar surface area (TPSA) is 51.2 Å². The van der Waals surface area contributed by atoms with E-state index in [0.29, 0.717) is 29.3 Å². The van der Waals surface area contributed by atoms with Crippen LogP contribution in [-0.4, -0.2) is 30.1 Å². The molecular formula is C13H19BrN2O2. The Kier molecular flexibility index (Phi) is 6.29. The molecule has 1 heterocycles. The molecule has 5 heteroatoms. The van der Waals surface area contributed by atoms with E-state index in [0.717, 1.165) is 0 Å². The van der Waals surface area contributed by atoms with E-state index >= 15 is 0 Å². The summed E-state index contributed by atoms with van der Waals surface area (Å²) in [5.74, 6) is 0.185. The van der Waals surface area contributed by atoms with Crippen molar-refractivity contribution in [3.63, 3.8) is 0 Å². The summed E-state index contributed by atoms with van der Waals surface area (Å²) in [6, 6.07) is 3.49. The van der Waals surface area contributed by atoms with Crippen molar-refractivity contribution in [1.29, 1.82) is 0 Å². The van der Waals surface area contributed by atoms with E-state index in [4.69, 9.17) is 4.74 Å². The quantitative estimate of drug-likeness (QED) is 0.821. The van der Waals surface area contributed by atoms with Crippen molar-refractivity contribution >= 4 is 21.8 Å². The molecule has 0 aliphatic carbocycles. The number of rotatable bonds is 6. The lowest BCUT2D eigenvalue weighted by Crippen LogP contribution is -2.42. The van der Waals surface area contributed by atoms with Gasteiger partial charge in [0, 0.05) is 12.8 Å². The second kappa shape index (κ2) is 7.48. The molecule has 4 nitrogen and oxygen atoms in total. The van der Waals surface area contributed by atoms with E-state index in [1.54, 1.807) is 18.3 Å². The van der Waals surface area contributed by atoms with Crippen molar-refractivity contribution in [2.45, 2.75) is 26.8 Å². The van der Waals surface area contributed by atoms with Gasteiger partial charge in [-0.05, 0) is 40.9 Å². The third-order valence-electron chi connectivity index (χ3n) is 2.63. The molecule has 1 unspecified atom stereocenters. The third kappa shape index (κ3) is 4.38. The lowest BCUT2D eigenvalue weighted by molar-refractivity contribution is 0.0805. The van der Waals surface area contributed by atoms with Gasteiger partial charge in [-0.1, -0.05) is 13.8 Å². The highest BCUT2D eigenvalue weighted by molar-refractivity contribution is 9.10. The summed E-state index contributed by atoms with van der Waals surface area (Å²) in [5.41, 5.74) is 0.541. The maximum atomic E-state index is 12.1. The maximum Gasteiger partial charge on any atom is 0.254 e. The summed E-state index contributed by atoms with van der Waals surface area (Å²) in [5, 5.41) is 2.97. The number of carbonyl (C=O) groups is 1. The van der Waals surface area contributed by atoms with E-state index in [1.807, 2.05) is 6.92 Å². The molecule has 18 heavy (non-hydrogen) atoms. The van der Waals surface area contributed by atoms with Crippen LogP contribution in [0.5, 0.6) is 0 Å². The minimum atomic E-state index is -0.131. The van der Waals surface area contributed by atoms with Gasteiger partial charge in [-0.25, -0.2) is 4.98 Å². The van der Waals surface area contributed by atoms with Gasteiger partial charge in [-0.3, -0.25) is 4.79 Å². The van der Waals surface area contributed by atoms with Crippen molar-refractivity contribution in [1.82, 2.24) is 10.3 Å². The molecule has 1 aromatic rings. The molecule has 1 amide bonds. The van der Waals surface area contributed by atoms with Gasteiger partial charge in [0.05, 0.1) is 18.2 Å². The summed E-state index contributed by atoms with van der Waals surface area (Å²) in [6.45, 7) is 7.23. The van der Waals surface area contributed by atoms with Gasteiger partial charge in [0.2, 0.25) is 0 Å². The predicted octanol–water partition coefficient (Wildman–Crippen LogP) is 2.64. The van der Waals surface area contributed by atoms with Gasteiger partial charge >= 0.3 is 0 Å². The van der Waals surface area contributed by atoms with Gasteiger partial charge in [0.1, 0.15) is 4.60 Å². The molecule has 0 aliphatic heterocycles. The van der Waals surface area contributed by atoms with Crippen LogP contribution in [0.15, 0.2) is 22.9 Å². The highest BCUT2D eigenvalue weighted by atomic mass is 79.9. The monoisotopic (exact) mass is 314 g/mol. The Labute approximate surface area is 116 Å². The molecule has 0 radical (unpaired) electrons. The second-order valence-electron chi connectivity index (χ2n) is 4.33. The van der Waals surface area contributed by atoms with E-state index in [1.165, 1.54) is 0 Å². The number of halogens is 1. The van der Waals surface area contributed by atoms with Gasteiger partial charge in [0.15, 0.2) is 0 Å². The van der Waals surface area contributed by atoms with Crippen LogP contribution < -0.4 is 5.32 Å². The summed E-state index contributed by atoms with van der Waals surface area (Å²) in [6.07, 6.45) is 1.64. The van der Waals surface area contributed by atoms with Crippen LogP contribution in [0.4, 0.5) is 0 Å². The lowest BCUT2D eigenvalue weighted by Gasteiger charge is -2.22. The fourth-order valence-electron chi connectivity index (χ4n) is 1.45. The van der Waals surface area contributed by atoms with E-state index < -0.39 is 0 Å². The minimum Gasteiger partial charge on any atom is -0.380 e. The Bertz CT molecular complexity index is 396. The van der Waals surface area contributed by atoms with Gasteiger partial charge in [-0.15, -0.1) is 0 Å². The SMILES string of the molecule is CCOCC(NC(=O)c1cccnc1Br)C(C)C. The van der Waals surface area contributed by atoms with Crippen LogP contribution in [-0.2, 0) is 4.74 Å². The number of pyridine rings is 1. The summed E-state index contributed by atoms with van der Waals surface area (Å²) < 4.78 is 5.94. The maximum absolute atomic E-state index is 12.1. The van der Waals surface area contributed by atoms with Crippen molar-refractivity contribution in [3.8, 4) is 0 Å². The highest BCUT2D eigenvalue weighted by Crippen LogP contribution is 2.13. The van der Waals surface area contributed by atoms with Crippen molar-refractivity contribution < 1.29 is 9.53 Å². The average molecular weight is 315 g/mol. The Balaban J connectivity index is 2.69. The van der Waals surface area contributed by atoms with Crippen LogP contribution in [0.25, 0.3) is 0 Å². The highest BCUT2D eigenvalue weighted by Gasteiger charge is 2.18. The first-order chi connectivity index (χ1) is 8.56. The summed E-state index contributed by atoms with van der Waals surface area (Å²) in [7, 11) is 0. The molecule has 1 rings (SSSR count). The Morgan fingerprint density at radius 1 is 1.56 bits per heavy atom. The molecule has 1 N–H and O–H groups in total. The van der Waals surface area contributed by atoms with E-state index in [2.05, 4.69) is 40.1 Å². The molecule has 0 aliphatic rings. The minimum absolute atomic E-state index is 0.00422. The number of amides is 1. The first-order valence-electron chi connectivity index (χ1n) is 6.05. The number of carbonyl (C=O) groups excluding carboxylic acids is 1. The standard InChI is InChI=1S/C13H19BrN2O2/c1-4-18-8-11(9(2)3)16-13(17)10-6-5-7-15-12(10)14/h5-7,9,11H,4,8H2,1-3H3,(H,16,17). The van der Waals surface area contributed by atoms with Crippen LogP contribution in [0, 0.1) is 5.92 Å². The third-order valence-corrected chi connectivity index (χ3v) is 3.26. The Morgan fingerprint density at radius 2 is 2.28 bits per heavy atom. The Hall–Kier alpha value is -0.940. The number of nitrogens with zero attached hydrogens (tertiary/aromatic N) is 1. The zero-order valence-corrected chi connectivity index (χ0v) is 12.5. The number of nitrogens with one attached hydrogen (secondary N) is 1. The zero-order valence-electron chi connectivity index (χ0n) is 10.9. The van der Waals surface area contributed by atoms with Crippen LogP contribution in [0.2, 0.25) is 0 Å². The smallest absolute Gasteiger partial charge is 0.254 e. The van der Waals surface area contributed by atoms with Gasteiger partial charge < -0.3 is 10.1 Å². The molecule has 1 atom stereocenters. The second-order valence-corrected chi connectivity index (χ2v) is 5.08. The summed E-state index contributed by atoms with van der Waals surface area (Å²) in [4.78, 5) is 16.1. The molecule has 0 fully saturated rings.